The van der Waals surface area contributed by atoms with Crippen LogP contribution in [-0.2, 0) is 17.8 Å². The van der Waals surface area contributed by atoms with E-state index in [1.165, 1.54) is 0 Å². The first kappa shape index (κ1) is 14.1. The number of hydrogen-bond acceptors (Lipinski definition) is 5. The summed E-state index contributed by atoms with van der Waals surface area (Å²) in [6.07, 6.45) is 1.96. The van der Waals surface area contributed by atoms with Crippen LogP contribution < -0.4 is 5.32 Å². The molecular weight excluding hydrogens is 218 g/mol. The molecule has 0 amide bonds. The van der Waals surface area contributed by atoms with E-state index < -0.39 is 0 Å². The van der Waals surface area contributed by atoms with Crippen LogP contribution in [0.3, 0.4) is 0 Å². The van der Waals surface area contributed by atoms with Crippen LogP contribution in [0.15, 0.2) is 6.20 Å². The first-order valence-corrected chi connectivity index (χ1v) is 6.04. The maximum atomic E-state index is 5.49. The van der Waals surface area contributed by atoms with Gasteiger partial charge in [-0.2, -0.15) is 0 Å². The van der Waals surface area contributed by atoms with Gasteiger partial charge in [0, 0.05) is 19.3 Å². The normalized spacial score (nSPS) is 11.3. The third-order valence-electron chi connectivity index (χ3n) is 2.29. The second kappa shape index (κ2) is 8.16. The molecule has 0 atom stereocenters. The summed E-state index contributed by atoms with van der Waals surface area (Å²) in [5, 5.41) is 11.3. The van der Waals surface area contributed by atoms with Crippen LogP contribution in [-0.4, -0.2) is 60.3 Å². The molecule has 1 heterocycles. The van der Waals surface area contributed by atoms with Crippen LogP contribution in [0.4, 0.5) is 0 Å². The summed E-state index contributed by atoms with van der Waals surface area (Å²) in [5.74, 6) is 0. The van der Waals surface area contributed by atoms with Gasteiger partial charge in [-0.05, 0) is 20.6 Å². The van der Waals surface area contributed by atoms with Crippen molar-refractivity contribution in [2.75, 3.05) is 40.4 Å². The summed E-state index contributed by atoms with van der Waals surface area (Å²) in [6, 6.07) is 0. The van der Waals surface area contributed by atoms with Crippen molar-refractivity contribution in [3.63, 3.8) is 0 Å². The minimum Gasteiger partial charge on any atom is -0.378 e. The van der Waals surface area contributed by atoms with E-state index in [0.717, 1.165) is 38.5 Å². The second-order valence-corrected chi connectivity index (χ2v) is 4.17. The van der Waals surface area contributed by atoms with Crippen molar-refractivity contribution in [3.8, 4) is 0 Å². The molecule has 0 saturated carbocycles. The van der Waals surface area contributed by atoms with Gasteiger partial charge in [-0.3, -0.25) is 0 Å². The Hall–Kier alpha value is -0.980. The van der Waals surface area contributed by atoms with Gasteiger partial charge < -0.3 is 15.0 Å². The highest BCUT2D eigenvalue weighted by Gasteiger charge is 1.99. The van der Waals surface area contributed by atoms with Gasteiger partial charge in [-0.1, -0.05) is 12.1 Å². The van der Waals surface area contributed by atoms with E-state index in [1.807, 2.05) is 25.0 Å². The van der Waals surface area contributed by atoms with Crippen LogP contribution in [0.2, 0.25) is 0 Å². The fourth-order valence-electron chi connectivity index (χ4n) is 1.29. The van der Waals surface area contributed by atoms with Crippen molar-refractivity contribution in [1.29, 1.82) is 0 Å². The van der Waals surface area contributed by atoms with E-state index in [2.05, 4.69) is 27.5 Å². The van der Waals surface area contributed by atoms with Gasteiger partial charge in [0.05, 0.1) is 25.5 Å². The minimum absolute atomic E-state index is 0.678. The van der Waals surface area contributed by atoms with E-state index in [9.17, 15) is 0 Å². The molecular formula is C11H23N5O. The van der Waals surface area contributed by atoms with Crippen LogP contribution in [0.5, 0.6) is 0 Å². The smallest absolute Gasteiger partial charge is 0.0964 e. The molecule has 1 aromatic heterocycles. The van der Waals surface area contributed by atoms with E-state index >= 15 is 0 Å². The molecule has 6 heteroatoms. The molecule has 6 nitrogen and oxygen atoms in total. The molecule has 1 aromatic rings. The van der Waals surface area contributed by atoms with E-state index in [1.54, 1.807) is 0 Å². The lowest BCUT2D eigenvalue weighted by Crippen LogP contribution is -2.19. The lowest BCUT2D eigenvalue weighted by molar-refractivity contribution is 0.108. The van der Waals surface area contributed by atoms with Crippen molar-refractivity contribution in [2.45, 2.75) is 20.0 Å². The number of aromatic nitrogens is 3. The summed E-state index contributed by atoms with van der Waals surface area (Å²) < 4.78 is 7.31. The maximum Gasteiger partial charge on any atom is 0.0964 e. The van der Waals surface area contributed by atoms with Crippen molar-refractivity contribution in [3.05, 3.63) is 11.9 Å². The Labute approximate surface area is 103 Å². The monoisotopic (exact) mass is 241 g/mol. The van der Waals surface area contributed by atoms with Gasteiger partial charge in [-0.15, -0.1) is 5.10 Å². The van der Waals surface area contributed by atoms with Crippen LogP contribution in [0.1, 0.15) is 12.6 Å². The number of ether oxygens (including phenoxy) is 1. The average Bonchev–Trinajstić information content (AvgIpc) is 2.73. The number of rotatable bonds is 9. The standard InChI is InChI=1S/C11H23N5O/c1-4-12-9-11-10-16(14-13-11)6-8-17-7-5-15(2)3/h10,12H,4-9H2,1-3H3. The molecule has 0 saturated heterocycles. The molecule has 0 unspecified atom stereocenters. The Morgan fingerprint density at radius 3 is 2.94 bits per heavy atom. The fourth-order valence-corrected chi connectivity index (χ4v) is 1.29. The van der Waals surface area contributed by atoms with Crippen molar-refractivity contribution in [1.82, 2.24) is 25.2 Å². The van der Waals surface area contributed by atoms with Crippen molar-refractivity contribution in [2.24, 2.45) is 0 Å². The first-order valence-electron chi connectivity index (χ1n) is 6.04. The van der Waals surface area contributed by atoms with E-state index in [4.69, 9.17) is 4.74 Å². The van der Waals surface area contributed by atoms with Gasteiger partial charge in [0.2, 0.25) is 0 Å². The lowest BCUT2D eigenvalue weighted by atomic mass is 10.4. The highest BCUT2D eigenvalue weighted by atomic mass is 16.5. The number of likely N-dealkylation sites (N-methyl/N-ethyl adjacent to an activating group) is 1. The van der Waals surface area contributed by atoms with Crippen LogP contribution in [0.25, 0.3) is 0 Å². The van der Waals surface area contributed by atoms with Crippen molar-refractivity contribution < 1.29 is 4.74 Å². The molecule has 0 bridgehead atoms. The maximum absolute atomic E-state index is 5.49. The molecule has 0 aliphatic carbocycles. The predicted molar refractivity (Wildman–Crippen MR) is 66.8 cm³/mol. The quantitative estimate of drug-likeness (QED) is 0.615. The third kappa shape index (κ3) is 6.35. The first-order chi connectivity index (χ1) is 8.22. The second-order valence-electron chi connectivity index (χ2n) is 4.17. The van der Waals surface area contributed by atoms with Crippen molar-refractivity contribution >= 4 is 0 Å². The molecule has 0 aromatic carbocycles. The number of hydrogen-bond donors (Lipinski definition) is 1. The Morgan fingerprint density at radius 1 is 1.41 bits per heavy atom. The van der Waals surface area contributed by atoms with E-state index in [-0.39, 0.29) is 0 Å². The zero-order valence-corrected chi connectivity index (χ0v) is 11.0. The molecule has 0 fully saturated rings. The average molecular weight is 241 g/mol. The Bertz CT molecular complexity index is 300. The predicted octanol–water partition coefficient (Wildman–Crippen LogP) is -0.0342. The Kier molecular flexibility index (Phi) is 6.76. The van der Waals surface area contributed by atoms with Gasteiger partial charge in [0.25, 0.3) is 0 Å². The van der Waals surface area contributed by atoms with Gasteiger partial charge >= 0.3 is 0 Å². The Morgan fingerprint density at radius 2 is 2.24 bits per heavy atom. The van der Waals surface area contributed by atoms with Gasteiger partial charge in [0.15, 0.2) is 0 Å². The van der Waals surface area contributed by atoms with E-state index in [0.29, 0.717) is 6.61 Å². The SMILES string of the molecule is CCNCc1cn(CCOCCN(C)C)nn1. The van der Waals surface area contributed by atoms with Crippen LogP contribution in [0, 0.1) is 0 Å². The number of nitrogens with one attached hydrogen (secondary N) is 1. The summed E-state index contributed by atoms with van der Waals surface area (Å²) in [5.41, 5.74) is 0.972. The van der Waals surface area contributed by atoms with Crippen LogP contribution >= 0.6 is 0 Å². The zero-order valence-electron chi connectivity index (χ0n) is 11.0. The molecule has 0 radical (unpaired) electrons. The zero-order chi connectivity index (χ0) is 12.5. The molecule has 0 aliphatic heterocycles. The molecule has 0 aliphatic rings. The molecule has 1 N–H and O–H groups in total. The molecule has 0 spiro atoms. The molecule has 17 heavy (non-hydrogen) atoms. The lowest BCUT2D eigenvalue weighted by Gasteiger charge is -2.09. The molecule has 98 valence electrons. The third-order valence-corrected chi connectivity index (χ3v) is 2.29. The van der Waals surface area contributed by atoms with Gasteiger partial charge in [0.1, 0.15) is 0 Å². The number of nitrogens with zero attached hydrogens (tertiary/aromatic N) is 4. The largest absolute Gasteiger partial charge is 0.378 e. The topological polar surface area (TPSA) is 55.2 Å². The minimum atomic E-state index is 0.678. The summed E-state index contributed by atoms with van der Waals surface area (Å²) in [7, 11) is 4.07. The summed E-state index contributed by atoms with van der Waals surface area (Å²) in [6.45, 7) is 6.93. The highest BCUT2D eigenvalue weighted by Crippen LogP contribution is 1.92. The van der Waals surface area contributed by atoms with Gasteiger partial charge in [-0.25, -0.2) is 4.68 Å². The summed E-state index contributed by atoms with van der Waals surface area (Å²) in [4.78, 5) is 2.10. The highest BCUT2D eigenvalue weighted by molar-refractivity contribution is 4.91. The molecule has 1 rings (SSSR count). The fraction of sp³-hybridized carbons (Fsp3) is 0.818. The Balaban J connectivity index is 2.12. The summed E-state index contributed by atoms with van der Waals surface area (Å²) >= 11 is 0.